The van der Waals surface area contributed by atoms with Crippen molar-refractivity contribution >= 4 is 40.1 Å². The van der Waals surface area contributed by atoms with E-state index in [2.05, 4.69) is 15.5 Å². The summed E-state index contributed by atoms with van der Waals surface area (Å²) in [6, 6.07) is 17.5. The quantitative estimate of drug-likeness (QED) is 0.901. The number of rotatable bonds is 2. The summed E-state index contributed by atoms with van der Waals surface area (Å²) in [6.45, 7) is 0. The first-order valence-electron chi connectivity index (χ1n) is 6.86. The smallest absolute Gasteiger partial charge is 0.190 e. The maximum Gasteiger partial charge on any atom is 0.190 e. The minimum Gasteiger partial charge on any atom is -0.265 e. The Morgan fingerprint density at radius 3 is 2.64 bits per heavy atom. The molecule has 1 N–H and O–H groups in total. The lowest BCUT2D eigenvalue weighted by Crippen LogP contribution is -2.17. The third-order valence-electron chi connectivity index (χ3n) is 3.46. The van der Waals surface area contributed by atoms with Crippen LogP contribution in [0, 0.1) is 0 Å². The van der Waals surface area contributed by atoms with Gasteiger partial charge in [-0.3, -0.25) is 10.3 Å². The van der Waals surface area contributed by atoms with E-state index in [0.717, 1.165) is 22.3 Å². The number of benzene rings is 2. The summed E-state index contributed by atoms with van der Waals surface area (Å²) in [5.41, 5.74) is 4.88. The van der Waals surface area contributed by atoms with Crippen LogP contribution in [0.1, 0.15) is 11.7 Å². The number of para-hydroxylation sites is 1. The zero-order valence-electron chi connectivity index (χ0n) is 11.4. The van der Waals surface area contributed by atoms with E-state index >= 15 is 0 Å². The van der Waals surface area contributed by atoms with E-state index in [1.165, 1.54) is 0 Å². The van der Waals surface area contributed by atoms with E-state index in [4.69, 9.17) is 16.4 Å². The zero-order chi connectivity index (χ0) is 14.9. The second-order valence-electron chi connectivity index (χ2n) is 4.96. The van der Waals surface area contributed by atoms with Gasteiger partial charge >= 0.3 is 0 Å². The van der Waals surface area contributed by atoms with Gasteiger partial charge in [0.25, 0.3) is 0 Å². The predicted molar refractivity (Wildman–Crippen MR) is 90.8 cm³/mol. The highest BCUT2D eigenvalue weighted by atomic mass is 35.5. The van der Waals surface area contributed by atoms with E-state index in [0.29, 0.717) is 5.02 Å². The number of fused-ring (bicyclic) bond motifs is 1. The Balaban J connectivity index is 1.57. The van der Waals surface area contributed by atoms with E-state index in [9.17, 15) is 0 Å². The van der Waals surface area contributed by atoms with Gasteiger partial charge in [-0.05, 0) is 29.8 Å². The van der Waals surface area contributed by atoms with Crippen LogP contribution in [0.3, 0.4) is 0 Å². The van der Waals surface area contributed by atoms with Gasteiger partial charge in [0.1, 0.15) is 17.2 Å². The van der Waals surface area contributed by atoms with Gasteiger partial charge in [-0.2, -0.15) is 0 Å². The fourth-order valence-corrected chi connectivity index (χ4v) is 3.60. The van der Waals surface area contributed by atoms with Crippen LogP contribution in [0.15, 0.2) is 64.6 Å². The van der Waals surface area contributed by atoms with Gasteiger partial charge in [0, 0.05) is 5.02 Å². The van der Waals surface area contributed by atoms with Gasteiger partial charge < -0.3 is 0 Å². The first kappa shape index (κ1) is 13.8. The minimum atomic E-state index is -0.0931. The number of hydroxylamine groups is 1. The fraction of sp³-hybridized carbons (Fsp3) is 0.125. The molecule has 1 fully saturated rings. The molecule has 2 aromatic rings. The topological polar surface area (TPSA) is 46.0 Å². The van der Waals surface area contributed by atoms with Crippen molar-refractivity contribution in [1.82, 2.24) is 5.48 Å². The Hall–Kier alpha value is -1.82. The molecule has 0 amide bonds. The lowest BCUT2D eigenvalue weighted by Gasteiger charge is -2.13. The van der Waals surface area contributed by atoms with Gasteiger partial charge in [-0.15, -0.1) is 0 Å². The molecule has 22 heavy (non-hydrogen) atoms. The van der Waals surface area contributed by atoms with Gasteiger partial charge in [0.15, 0.2) is 5.17 Å². The number of hydrogen-bond acceptors (Lipinski definition) is 4. The van der Waals surface area contributed by atoms with E-state index in [-0.39, 0.29) is 11.4 Å². The summed E-state index contributed by atoms with van der Waals surface area (Å²) in [5, 5.41) is 1.57. The molecule has 0 aromatic heterocycles. The van der Waals surface area contributed by atoms with E-state index in [1.807, 2.05) is 54.6 Å². The van der Waals surface area contributed by atoms with Crippen LogP contribution in [0.5, 0.6) is 0 Å². The molecule has 2 aliphatic rings. The predicted octanol–water partition coefficient (Wildman–Crippen LogP) is 4.12. The summed E-state index contributed by atoms with van der Waals surface area (Å²) < 4.78 is 0. The Morgan fingerprint density at radius 1 is 1.09 bits per heavy atom. The highest BCUT2D eigenvalue weighted by Crippen LogP contribution is 2.39. The Labute approximate surface area is 137 Å². The first-order chi connectivity index (χ1) is 10.8. The molecule has 4 rings (SSSR count). The second-order valence-corrected chi connectivity index (χ2v) is 6.50. The van der Waals surface area contributed by atoms with Crippen molar-refractivity contribution in [3.8, 4) is 0 Å². The summed E-state index contributed by atoms with van der Waals surface area (Å²) in [6.07, 6.45) is -0.0931. The normalized spacial score (nSPS) is 25.0. The van der Waals surface area contributed by atoms with Crippen molar-refractivity contribution in [2.75, 3.05) is 0 Å². The zero-order valence-corrected chi connectivity index (χ0v) is 13.0. The monoisotopic (exact) mass is 329 g/mol. The number of hydrogen-bond donors (Lipinski definition) is 1. The molecule has 0 bridgehead atoms. The van der Waals surface area contributed by atoms with E-state index in [1.54, 1.807) is 11.8 Å². The van der Waals surface area contributed by atoms with Crippen LogP contribution < -0.4 is 5.48 Å². The number of halogens is 1. The standard InChI is InChI=1S/C16H12ClN3OS/c17-11-8-6-10(7-9-11)13-14-15(20-21-13)19-16(22-14)18-12-4-2-1-3-5-12/h1-9,13-14H,(H,18,19,20)/t13-,14-/m0/s1. The lowest BCUT2D eigenvalue weighted by atomic mass is 10.1. The number of aliphatic imine (C=N–C) groups is 2. The number of nitrogens with one attached hydrogen (secondary N) is 1. The van der Waals surface area contributed by atoms with Gasteiger partial charge in [0.05, 0.1) is 5.69 Å². The number of nitrogens with zero attached hydrogens (tertiary/aromatic N) is 2. The van der Waals surface area contributed by atoms with Crippen LogP contribution >= 0.6 is 23.4 Å². The van der Waals surface area contributed by atoms with Crippen molar-refractivity contribution in [3.05, 3.63) is 65.2 Å². The summed E-state index contributed by atoms with van der Waals surface area (Å²) >= 11 is 7.55. The molecule has 110 valence electrons. The molecular weight excluding hydrogens is 318 g/mol. The van der Waals surface area contributed by atoms with Crippen LogP contribution in [0.4, 0.5) is 5.69 Å². The molecular formula is C16H12ClN3OS. The fourth-order valence-electron chi connectivity index (χ4n) is 2.39. The molecule has 4 nitrogen and oxygen atoms in total. The minimum absolute atomic E-state index is 0.0931. The highest BCUT2D eigenvalue weighted by Gasteiger charge is 2.41. The van der Waals surface area contributed by atoms with Gasteiger partial charge in [-0.25, -0.2) is 9.98 Å². The van der Waals surface area contributed by atoms with Crippen LogP contribution in [-0.2, 0) is 4.84 Å². The SMILES string of the molecule is Clc1ccc([C@@H]2ONC3=NC(=Nc4ccccc4)S[C@H]32)cc1. The molecule has 2 atom stereocenters. The Bertz CT molecular complexity index is 746. The number of thioether (sulfide) groups is 1. The molecule has 0 radical (unpaired) electrons. The average Bonchev–Trinajstić information content (AvgIpc) is 3.09. The second kappa shape index (κ2) is 5.76. The molecule has 1 saturated heterocycles. The average molecular weight is 330 g/mol. The molecule has 2 heterocycles. The van der Waals surface area contributed by atoms with E-state index < -0.39 is 0 Å². The molecule has 2 aliphatic heterocycles. The van der Waals surface area contributed by atoms with Crippen molar-refractivity contribution in [2.24, 2.45) is 9.98 Å². The number of amidine groups is 2. The van der Waals surface area contributed by atoms with Crippen LogP contribution in [-0.4, -0.2) is 16.3 Å². The van der Waals surface area contributed by atoms with Crippen molar-refractivity contribution in [2.45, 2.75) is 11.4 Å². The summed E-state index contributed by atoms with van der Waals surface area (Å²) in [5.74, 6) is 0.819. The molecule has 0 spiro atoms. The third kappa shape index (κ3) is 2.63. The van der Waals surface area contributed by atoms with Gasteiger partial charge in [-0.1, -0.05) is 53.7 Å². The van der Waals surface area contributed by atoms with Crippen molar-refractivity contribution in [3.63, 3.8) is 0 Å². The van der Waals surface area contributed by atoms with Crippen molar-refractivity contribution < 1.29 is 4.84 Å². The summed E-state index contributed by atoms with van der Waals surface area (Å²) in [7, 11) is 0. The molecule has 0 aliphatic carbocycles. The van der Waals surface area contributed by atoms with Gasteiger partial charge in [0.2, 0.25) is 0 Å². The van der Waals surface area contributed by atoms with Crippen LogP contribution in [0.2, 0.25) is 5.02 Å². The maximum atomic E-state index is 5.94. The molecule has 0 unspecified atom stereocenters. The highest BCUT2D eigenvalue weighted by molar-refractivity contribution is 8.15. The molecule has 2 aromatic carbocycles. The lowest BCUT2D eigenvalue weighted by molar-refractivity contribution is 0.0467. The Morgan fingerprint density at radius 2 is 1.86 bits per heavy atom. The maximum absolute atomic E-state index is 5.94. The summed E-state index contributed by atoms with van der Waals surface area (Å²) in [4.78, 5) is 14.7. The molecule has 6 heteroatoms. The van der Waals surface area contributed by atoms with Crippen LogP contribution in [0.25, 0.3) is 0 Å². The van der Waals surface area contributed by atoms with Crippen molar-refractivity contribution in [1.29, 1.82) is 0 Å². The first-order valence-corrected chi connectivity index (χ1v) is 8.11. The Kier molecular flexibility index (Phi) is 3.62. The molecule has 0 saturated carbocycles. The third-order valence-corrected chi connectivity index (χ3v) is 4.83. The largest absolute Gasteiger partial charge is 0.265 e.